The third kappa shape index (κ3) is 2.64. The Balaban J connectivity index is 2.30. The minimum atomic E-state index is -0.622. The lowest BCUT2D eigenvalue weighted by Gasteiger charge is -2.39. The lowest BCUT2D eigenvalue weighted by Crippen LogP contribution is -2.55. The standard InChI is InChI=1S/C15H25NO3/c1-11-7-8-15(9-11)10-18-14(5,6)16(15)12(17)19-13(2,3)4/h9H,7-8,10H2,1-6H3/t15-/m0/s1. The Labute approximate surface area is 115 Å². The molecule has 0 radical (unpaired) electrons. The van der Waals surface area contributed by atoms with Crippen molar-refractivity contribution in [3.05, 3.63) is 11.6 Å². The van der Waals surface area contributed by atoms with Crippen molar-refractivity contribution in [1.29, 1.82) is 0 Å². The van der Waals surface area contributed by atoms with Crippen LogP contribution in [-0.4, -0.2) is 34.5 Å². The first-order valence-corrected chi connectivity index (χ1v) is 6.91. The SMILES string of the molecule is CC1=C[C@@]2(CC1)COC(C)(C)N2C(=O)OC(C)(C)C. The molecule has 4 heteroatoms. The van der Waals surface area contributed by atoms with E-state index in [1.165, 1.54) is 5.57 Å². The summed E-state index contributed by atoms with van der Waals surface area (Å²) in [6.07, 6.45) is 3.81. The zero-order chi connectivity index (χ0) is 14.5. The molecule has 2 rings (SSSR count). The van der Waals surface area contributed by atoms with Crippen molar-refractivity contribution in [2.75, 3.05) is 6.61 Å². The fourth-order valence-electron chi connectivity index (χ4n) is 2.98. The van der Waals surface area contributed by atoms with Gasteiger partial charge in [0, 0.05) is 0 Å². The van der Waals surface area contributed by atoms with E-state index >= 15 is 0 Å². The lowest BCUT2D eigenvalue weighted by molar-refractivity contribution is -0.0661. The molecule has 1 heterocycles. The summed E-state index contributed by atoms with van der Waals surface area (Å²) in [5.41, 5.74) is -0.122. The Morgan fingerprint density at radius 3 is 2.53 bits per heavy atom. The average molecular weight is 267 g/mol. The molecule has 1 spiro atoms. The smallest absolute Gasteiger partial charge is 0.413 e. The van der Waals surface area contributed by atoms with Crippen molar-refractivity contribution in [2.45, 2.75) is 71.2 Å². The molecule has 1 fully saturated rings. The summed E-state index contributed by atoms with van der Waals surface area (Å²) in [4.78, 5) is 14.3. The zero-order valence-electron chi connectivity index (χ0n) is 12.9. The van der Waals surface area contributed by atoms with Crippen LogP contribution in [0.25, 0.3) is 0 Å². The number of amides is 1. The number of rotatable bonds is 0. The van der Waals surface area contributed by atoms with Crippen molar-refractivity contribution in [3.63, 3.8) is 0 Å². The van der Waals surface area contributed by atoms with Gasteiger partial charge in [0.25, 0.3) is 0 Å². The van der Waals surface area contributed by atoms with E-state index in [2.05, 4.69) is 13.0 Å². The van der Waals surface area contributed by atoms with Crippen molar-refractivity contribution >= 4 is 6.09 Å². The molecule has 1 amide bonds. The van der Waals surface area contributed by atoms with Gasteiger partial charge in [0.05, 0.1) is 12.1 Å². The molecule has 0 unspecified atom stereocenters. The first kappa shape index (κ1) is 14.4. The van der Waals surface area contributed by atoms with Crippen LogP contribution in [-0.2, 0) is 9.47 Å². The summed E-state index contributed by atoms with van der Waals surface area (Å²) in [5, 5.41) is 0. The van der Waals surface area contributed by atoms with Crippen LogP contribution in [0.1, 0.15) is 54.4 Å². The second kappa shape index (κ2) is 4.23. The monoisotopic (exact) mass is 267 g/mol. The minimum absolute atomic E-state index is 0.291. The van der Waals surface area contributed by atoms with Crippen molar-refractivity contribution in [1.82, 2.24) is 4.90 Å². The van der Waals surface area contributed by atoms with Crippen LogP contribution in [0.5, 0.6) is 0 Å². The summed E-state index contributed by atoms with van der Waals surface area (Å²) in [7, 11) is 0. The van der Waals surface area contributed by atoms with Crippen LogP contribution < -0.4 is 0 Å². The van der Waals surface area contributed by atoms with E-state index in [-0.39, 0.29) is 11.6 Å². The zero-order valence-corrected chi connectivity index (χ0v) is 12.9. The summed E-state index contributed by atoms with van der Waals surface area (Å²) in [5.74, 6) is 0. The van der Waals surface area contributed by atoms with E-state index in [0.29, 0.717) is 6.61 Å². The van der Waals surface area contributed by atoms with Gasteiger partial charge in [-0.2, -0.15) is 0 Å². The van der Waals surface area contributed by atoms with E-state index in [1.807, 2.05) is 34.6 Å². The molecule has 1 aliphatic heterocycles. The number of ether oxygens (including phenoxy) is 2. The predicted molar refractivity (Wildman–Crippen MR) is 73.8 cm³/mol. The van der Waals surface area contributed by atoms with Crippen LogP contribution in [0.2, 0.25) is 0 Å². The molecule has 0 aromatic carbocycles. The normalized spacial score (nSPS) is 29.8. The maximum Gasteiger partial charge on any atom is 0.413 e. The highest BCUT2D eigenvalue weighted by molar-refractivity contribution is 5.71. The van der Waals surface area contributed by atoms with Crippen molar-refractivity contribution in [3.8, 4) is 0 Å². The summed E-state index contributed by atoms with van der Waals surface area (Å²) >= 11 is 0. The third-order valence-corrected chi connectivity index (χ3v) is 3.70. The van der Waals surface area contributed by atoms with Gasteiger partial charge in [-0.05, 0) is 54.4 Å². The molecule has 0 saturated carbocycles. The molecule has 19 heavy (non-hydrogen) atoms. The topological polar surface area (TPSA) is 38.8 Å². The van der Waals surface area contributed by atoms with Gasteiger partial charge in [-0.1, -0.05) is 11.6 Å². The number of hydrogen-bond donors (Lipinski definition) is 0. The summed E-state index contributed by atoms with van der Waals surface area (Å²) in [6, 6.07) is 0. The van der Waals surface area contributed by atoms with E-state index in [0.717, 1.165) is 12.8 Å². The summed E-state index contributed by atoms with van der Waals surface area (Å²) in [6.45, 7) is 12.2. The molecule has 0 aromatic rings. The number of hydrogen-bond acceptors (Lipinski definition) is 3. The maximum absolute atomic E-state index is 12.5. The first-order valence-electron chi connectivity index (χ1n) is 6.91. The van der Waals surface area contributed by atoms with Gasteiger partial charge in [0.15, 0.2) is 0 Å². The Morgan fingerprint density at radius 2 is 2.05 bits per heavy atom. The van der Waals surface area contributed by atoms with Crippen LogP contribution in [0.4, 0.5) is 4.79 Å². The number of carbonyl (C=O) groups excluding carboxylic acids is 1. The van der Waals surface area contributed by atoms with Crippen LogP contribution in [0.15, 0.2) is 11.6 Å². The quantitative estimate of drug-likeness (QED) is 0.631. The van der Waals surface area contributed by atoms with Gasteiger partial charge in [-0.25, -0.2) is 4.79 Å². The summed E-state index contributed by atoms with van der Waals surface area (Å²) < 4.78 is 11.4. The average Bonchev–Trinajstić information content (AvgIpc) is 2.66. The number of nitrogens with zero attached hydrogens (tertiary/aromatic N) is 1. The molecule has 4 nitrogen and oxygen atoms in total. The van der Waals surface area contributed by atoms with Gasteiger partial charge in [-0.3, -0.25) is 4.90 Å². The fourth-order valence-corrected chi connectivity index (χ4v) is 2.98. The van der Waals surface area contributed by atoms with E-state index < -0.39 is 11.3 Å². The van der Waals surface area contributed by atoms with E-state index in [9.17, 15) is 4.79 Å². The molecular formula is C15H25NO3. The molecule has 2 aliphatic rings. The van der Waals surface area contributed by atoms with Crippen molar-refractivity contribution < 1.29 is 14.3 Å². The third-order valence-electron chi connectivity index (χ3n) is 3.70. The molecule has 1 saturated heterocycles. The maximum atomic E-state index is 12.5. The van der Waals surface area contributed by atoms with Crippen LogP contribution in [0.3, 0.4) is 0 Å². The molecule has 108 valence electrons. The fraction of sp³-hybridized carbons (Fsp3) is 0.800. The van der Waals surface area contributed by atoms with E-state index in [1.54, 1.807) is 4.90 Å². The van der Waals surface area contributed by atoms with Crippen molar-refractivity contribution in [2.24, 2.45) is 0 Å². The Hall–Kier alpha value is -1.03. The molecule has 1 aliphatic carbocycles. The highest BCUT2D eigenvalue weighted by atomic mass is 16.6. The molecule has 0 N–H and O–H groups in total. The Kier molecular flexibility index (Phi) is 3.21. The van der Waals surface area contributed by atoms with Gasteiger partial charge in [-0.15, -0.1) is 0 Å². The van der Waals surface area contributed by atoms with Gasteiger partial charge >= 0.3 is 6.09 Å². The lowest BCUT2D eigenvalue weighted by atomic mass is 9.98. The van der Waals surface area contributed by atoms with Crippen LogP contribution >= 0.6 is 0 Å². The Bertz CT molecular complexity index is 420. The van der Waals surface area contributed by atoms with Gasteiger partial charge in [0.2, 0.25) is 0 Å². The highest BCUT2D eigenvalue weighted by Gasteiger charge is 2.55. The Morgan fingerprint density at radius 1 is 1.42 bits per heavy atom. The first-order chi connectivity index (χ1) is 8.56. The second-order valence-electron chi connectivity index (χ2n) is 7.15. The second-order valence-corrected chi connectivity index (χ2v) is 7.15. The minimum Gasteiger partial charge on any atom is -0.444 e. The highest BCUT2D eigenvalue weighted by Crippen LogP contribution is 2.44. The van der Waals surface area contributed by atoms with Gasteiger partial charge in [0.1, 0.15) is 11.3 Å². The molecule has 1 atom stereocenters. The number of carbonyl (C=O) groups is 1. The molecule has 0 bridgehead atoms. The molecular weight excluding hydrogens is 242 g/mol. The predicted octanol–water partition coefficient (Wildman–Crippen LogP) is 3.47. The van der Waals surface area contributed by atoms with E-state index in [4.69, 9.17) is 9.47 Å². The number of allylic oxidation sites excluding steroid dienone is 1. The van der Waals surface area contributed by atoms with Crippen LogP contribution in [0, 0.1) is 0 Å². The largest absolute Gasteiger partial charge is 0.444 e. The van der Waals surface area contributed by atoms with Gasteiger partial charge < -0.3 is 9.47 Å². The molecule has 0 aromatic heterocycles.